The minimum atomic E-state index is 0.851. The molecule has 1 heterocycles. The number of fused-ring (bicyclic) bond motifs is 2. The molecule has 0 radical (unpaired) electrons. The molecule has 1 aliphatic heterocycles. The fourth-order valence-electron chi connectivity index (χ4n) is 5.74. The third kappa shape index (κ3) is 4.70. The summed E-state index contributed by atoms with van der Waals surface area (Å²) in [7, 11) is 0. The van der Waals surface area contributed by atoms with E-state index >= 15 is 0 Å². The van der Waals surface area contributed by atoms with Crippen LogP contribution in [0.2, 0.25) is 0 Å². The lowest BCUT2D eigenvalue weighted by Gasteiger charge is -2.25. The minimum Gasteiger partial charge on any atom is -0.456 e. The van der Waals surface area contributed by atoms with E-state index in [4.69, 9.17) is 9.41 Å². The van der Waals surface area contributed by atoms with Crippen LogP contribution in [0.1, 0.15) is 45.6 Å². The molecule has 0 atom stereocenters. The number of nitrogens with zero attached hydrogens (tertiary/aromatic N) is 1. The topological polar surface area (TPSA) is 37.5 Å². The lowest BCUT2D eigenvalue weighted by Crippen LogP contribution is -2.11. The maximum atomic E-state index is 6.68. The van der Waals surface area contributed by atoms with Crippen LogP contribution < -0.4 is 10.7 Å². The van der Waals surface area contributed by atoms with Crippen LogP contribution in [-0.2, 0) is 6.42 Å². The molecule has 0 bridgehead atoms. The first-order valence-corrected chi connectivity index (χ1v) is 13.7. The van der Waals surface area contributed by atoms with Crippen LogP contribution in [-0.4, -0.2) is 0 Å². The molecular formula is C36H34N2O. The van der Waals surface area contributed by atoms with E-state index in [2.05, 4.69) is 125 Å². The molecule has 3 aromatic rings. The van der Waals surface area contributed by atoms with Crippen molar-refractivity contribution in [2.24, 2.45) is 4.99 Å². The summed E-state index contributed by atoms with van der Waals surface area (Å²) in [5, 5.41) is 4.61. The molecule has 0 saturated heterocycles. The van der Waals surface area contributed by atoms with E-state index in [1.807, 2.05) is 0 Å². The fraction of sp³-hybridized carbons (Fsp3) is 0.194. The second-order valence-electron chi connectivity index (χ2n) is 10.7. The second kappa shape index (κ2) is 10.1. The summed E-state index contributed by atoms with van der Waals surface area (Å²) in [6.07, 6.45) is 4.04. The summed E-state index contributed by atoms with van der Waals surface area (Å²) in [6, 6.07) is 27.8. The van der Waals surface area contributed by atoms with Gasteiger partial charge in [0.25, 0.3) is 0 Å². The number of allylic oxidation sites excluding steroid dienone is 1. The maximum Gasteiger partial charge on any atom is 0.137 e. The molecule has 0 fully saturated rings. The zero-order chi connectivity index (χ0) is 27.1. The van der Waals surface area contributed by atoms with Crippen LogP contribution in [0.15, 0.2) is 94.0 Å². The molecule has 194 valence electrons. The van der Waals surface area contributed by atoms with E-state index in [1.54, 1.807) is 0 Å². The molecule has 1 N–H and O–H groups in total. The highest BCUT2D eigenvalue weighted by Gasteiger charge is 2.24. The molecule has 39 heavy (non-hydrogen) atoms. The molecule has 3 aromatic carbocycles. The van der Waals surface area contributed by atoms with Gasteiger partial charge in [-0.05, 0) is 98.5 Å². The van der Waals surface area contributed by atoms with Gasteiger partial charge in [-0.1, -0.05) is 60.7 Å². The summed E-state index contributed by atoms with van der Waals surface area (Å²) in [5.41, 5.74) is 14.4. The third-order valence-corrected chi connectivity index (χ3v) is 7.86. The molecule has 3 nitrogen and oxygen atoms in total. The average molecular weight is 511 g/mol. The SMILES string of the molecule is Cc1ccccc1-c1c2ccc(=Nc3c(C)cccc3C)cc-2oc2c1CCC(Nc1c(C)cccc1C)=C2. The van der Waals surface area contributed by atoms with Crippen molar-refractivity contribution in [1.82, 2.24) is 0 Å². The van der Waals surface area contributed by atoms with Gasteiger partial charge in [-0.25, -0.2) is 4.99 Å². The van der Waals surface area contributed by atoms with Crippen LogP contribution >= 0.6 is 0 Å². The van der Waals surface area contributed by atoms with Crippen molar-refractivity contribution in [3.63, 3.8) is 0 Å². The van der Waals surface area contributed by atoms with Crippen LogP contribution in [0.4, 0.5) is 11.4 Å². The van der Waals surface area contributed by atoms with Crippen LogP contribution in [0.25, 0.3) is 28.5 Å². The summed E-state index contributed by atoms with van der Waals surface area (Å²) in [5.74, 6) is 1.77. The van der Waals surface area contributed by atoms with Gasteiger partial charge in [0.05, 0.1) is 11.0 Å². The Kier molecular flexibility index (Phi) is 6.44. The lowest BCUT2D eigenvalue weighted by atomic mass is 9.86. The van der Waals surface area contributed by atoms with Gasteiger partial charge in [-0.2, -0.15) is 0 Å². The fourth-order valence-corrected chi connectivity index (χ4v) is 5.74. The van der Waals surface area contributed by atoms with Gasteiger partial charge in [0.1, 0.15) is 11.5 Å². The highest BCUT2D eigenvalue weighted by atomic mass is 16.3. The van der Waals surface area contributed by atoms with Crippen molar-refractivity contribution < 1.29 is 4.42 Å². The van der Waals surface area contributed by atoms with E-state index in [1.165, 1.54) is 55.9 Å². The van der Waals surface area contributed by atoms with Gasteiger partial charge in [0.2, 0.25) is 0 Å². The Morgan fingerprint density at radius 3 is 2.05 bits per heavy atom. The summed E-state index contributed by atoms with van der Waals surface area (Å²) < 4.78 is 6.68. The lowest BCUT2D eigenvalue weighted by molar-refractivity contribution is 0.541. The van der Waals surface area contributed by atoms with Crippen molar-refractivity contribution in [3.05, 3.63) is 129 Å². The first-order chi connectivity index (χ1) is 18.9. The van der Waals surface area contributed by atoms with Gasteiger partial charge in [0, 0.05) is 34.7 Å². The Hall–Kier alpha value is -4.37. The first kappa shape index (κ1) is 24.9. The first-order valence-electron chi connectivity index (χ1n) is 13.7. The minimum absolute atomic E-state index is 0.851. The van der Waals surface area contributed by atoms with Crippen molar-refractivity contribution in [3.8, 4) is 22.5 Å². The number of anilines is 1. The van der Waals surface area contributed by atoms with Crippen molar-refractivity contribution >= 4 is 17.5 Å². The highest BCUT2D eigenvalue weighted by Crippen LogP contribution is 2.43. The average Bonchev–Trinajstić information content (AvgIpc) is 2.92. The molecule has 3 aliphatic rings. The van der Waals surface area contributed by atoms with Gasteiger partial charge in [-0.15, -0.1) is 0 Å². The Morgan fingerprint density at radius 2 is 1.33 bits per heavy atom. The number of hydrogen-bond donors (Lipinski definition) is 1. The summed E-state index contributed by atoms with van der Waals surface area (Å²) in [4.78, 5) is 5.02. The second-order valence-corrected chi connectivity index (χ2v) is 10.7. The monoisotopic (exact) mass is 510 g/mol. The van der Waals surface area contributed by atoms with E-state index in [0.29, 0.717) is 0 Å². The zero-order valence-electron chi connectivity index (χ0n) is 23.4. The number of benzene rings is 4. The van der Waals surface area contributed by atoms with Crippen LogP contribution in [0.3, 0.4) is 0 Å². The van der Waals surface area contributed by atoms with Crippen molar-refractivity contribution in [2.45, 2.75) is 47.5 Å². The molecule has 0 amide bonds. The highest BCUT2D eigenvalue weighted by molar-refractivity contribution is 5.88. The van der Waals surface area contributed by atoms with Crippen LogP contribution in [0, 0.1) is 34.6 Å². The molecule has 6 rings (SSSR count). The Labute approximate surface area is 230 Å². The normalized spacial score (nSPS) is 13.4. The van der Waals surface area contributed by atoms with Gasteiger partial charge >= 0.3 is 0 Å². The summed E-state index contributed by atoms with van der Waals surface area (Å²) in [6.45, 7) is 10.7. The summed E-state index contributed by atoms with van der Waals surface area (Å²) >= 11 is 0. The molecule has 2 aliphatic carbocycles. The third-order valence-electron chi connectivity index (χ3n) is 7.86. The number of hydrogen-bond acceptors (Lipinski definition) is 3. The number of para-hydroxylation sites is 2. The molecule has 0 spiro atoms. The Balaban J connectivity index is 1.55. The number of aryl methyl sites for hydroxylation is 5. The van der Waals surface area contributed by atoms with Gasteiger partial charge < -0.3 is 9.73 Å². The largest absolute Gasteiger partial charge is 0.456 e. The Morgan fingerprint density at radius 1 is 0.667 bits per heavy atom. The van der Waals surface area contributed by atoms with E-state index in [-0.39, 0.29) is 0 Å². The smallest absolute Gasteiger partial charge is 0.137 e. The van der Waals surface area contributed by atoms with Gasteiger partial charge in [-0.3, -0.25) is 0 Å². The molecule has 0 aromatic heterocycles. The van der Waals surface area contributed by atoms with Crippen molar-refractivity contribution in [2.75, 3.05) is 5.32 Å². The maximum absolute atomic E-state index is 6.68. The van der Waals surface area contributed by atoms with Crippen LogP contribution in [0.5, 0.6) is 0 Å². The number of rotatable bonds is 4. The predicted molar refractivity (Wildman–Crippen MR) is 162 cm³/mol. The predicted octanol–water partition coefficient (Wildman–Crippen LogP) is 9.23. The molecule has 0 saturated carbocycles. The van der Waals surface area contributed by atoms with Gasteiger partial charge in [0.15, 0.2) is 0 Å². The van der Waals surface area contributed by atoms with E-state index in [0.717, 1.165) is 41.0 Å². The van der Waals surface area contributed by atoms with E-state index in [9.17, 15) is 0 Å². The Bertz CT molecular complexity index is 1750. The zero-order valence-corrected chi connectivity index (χ0v) is 23.4. The molecule has 3 heteroatoms. The van der Waals surface area contributed by atoms with E-state index < -0.39 is 0 Å². The molecular weight excluding hydrogens is 476 g/mol. The van der Waals surface area contributed by atoms with Crippen molar-refractivity contribution in [1.29, 1.82) is 0 Å². The standard InChI is InChI=1S/C36H34N2O/c1-22-10-6-7-15-29(22)34-30-18-16-27(37-35-23(2)11-8-12-24(35)3)20-32(30)39-33-21-28(17-19-31(33)34)38-36-25(4)13-9-14-26(36)5/h6-16,18,20-21,38H,17,19H2,1-5H3. The molecule has 0 unspecified atom stereocenters. The number of nitrogens with one attached hydrogen (secondary N) is 1. The quantitative estimate of drug-likeness (QED) is 0.262.